The van der Waals surface area contributed by atoms with Crippen LogP contribution >= 0.6 is 11.5 Å². The molecule has 4 aromatic rings. The predicted octanol–water partition coefficient (Wildman–Crippen LogP) is 2.89. The molecule has 0 aliphatic rings. The van der Waals surface area contributed by atoms with Crippen molar-refractivity contribution in [2.24, 2.45) is 5.73 Å². The first-order valence-corrected chi connectivity index (χ1v) is 12.0. The maximum Gasteiger partial charge on any atom is 0.420 e. The van der Waals surface area contributed by atoms with E-state index in [1.165, 1.54) is 10.9 Å². The molecular weight excluding hydrogens is 457 g/mol. The highest BCUT2D eigenvalue weighted by atomic mass is 32.2. The number of hydrogen-bond donors (Lipinski definition) is 2. The first-order chi connectivity index (χ1) is 15.3. The first kappa shape index (κ1) is 22.1. The Morgan fingerprint density at radius 2 is 2.09 bits per heavy atom. The van der Waals surface area contributed by atoms with Crippen molar-refractivity contribution < 1.29 is 17.2 Å². The molecule has 0 spiro atoms. The zero-order valence-corrected chi connectivity index (χ0v) is 18.6. The number of nitrogens with zero attached hydrogens (tertiary/aromatic N) is 3. The Bertz CT molecular complexity index is 1410. The van der Waals surface area contributed by atoms with Crippen LogP contribution in [0.2, 0.25) is 0 Å². The van der Waals surface area contributed by atoms with Crippen molar-refractivity contribution in [2.75, 3.05) is 11.3 Å². The van der Waals surface area contributed by atoms with Gasteiger partial charge in [-0.25, -0.2) is 22.6 Å². The lowest BCUT2D eigenvalue weighted by atomic mass is 9.97. The number of sulfonamides is 1. The number of hydrogen-bond acceptors (Lipinski definition) is 8. The van der Waals surface area contributed by atoms with Crippen molar-refractivity contribution >= 4 is 37.8 Å². The van der Waals surface area contributed by atoms with Crippen LogP contribution in [0.5, 0.6) is 0 Å². The van der Waals surface area contributed by atoms with E-state index in [2.05, 4.69) is 14.1 Å². The predicted molar refractivity (Wildman–Crippen MR) is 119 cm³/mol. The van der Waals surface area contributed by atoms with Crippen LogP contribution < -0.4 is 16.2 Å². The van der Waals surface area contributed by atoms with Crippen molar-refractivity contribution in [3.8, 4) is 0 Å². The summed E-state index contributed by atoms with van der Waals surface area (Å²) in [5.41, 5.74) is 7.64. The largest absolute Gasteiger partial charge is 0.420 e. The van der Waals surface area contributed by atoms with Crippen molar-refractivity contribution in [1.82, 2.24) is 13.9 Å². The minimum atomic E-state index is -4.30. The van der Waals surface area contributed by atoms with Gasteiger partial charge in [-0.2, -0.15) is 4.37 Å². The number of nitrogens with one attached hydrogen (secondary N) is 1. The number of rotatable bonds is 8. The van der Waals surface area contributed by atoms with E-state index in [9.17, 15) is 17.6 Å². The van der Waals surface area contributed by atoms with Gasteiger partial charge in [-0.15, -0.1) is 0 Å². The summed E-state index contributed by atoms with van der Waals surface area (Å²) < 4.78 is 52.6. The van der Waals surface area contributed by atoms with E-state index < -0.39 is 32.5 Å². The third kappa shape index (κ3) is 4.16. The van der Waals surface area contributed by atoms with Crippen LogP contribution in [-0.4, -0.2) is 28.9 Å². The maximum absolute atomic E-state index is 14.9. The molecule has 0 saturated heterocycles. The minimum absolute atomic E-state index is 0.00812. The second-order valence-electron chi connectivity index (χ2n) is 7.11. The lowest BCUT2D eigenvalue weighted by Crippen LogP contribution is -2.20. The molecule has 0 aliphatic heterocycles. The van der Waals surface area contributed by atoms with Gasteiger partial charge in [-0.3, -0.25) is 9.29 Å². The van der Waals surface area contributed by atoms with Crippen LogP contribution in [0.1, 0.15) is 30.5 Å². The van der Waals surface area contributed by atoms with E-state index in [1.807, 2.05) is 24.3 Å². The summed E-state index contributed by atoms with van der Waals surface area (Å²) in [5.74, 6) is -1.74. The Morgan fingerprint density at radius 3 is 2.81 bits per heavy atom. The molecule has 0 fully saturated rings. The van der Waals surface area contributed by atoms with Gasteiger partial charge < -0.3 is 10.2 Å². The second kappa shape index (κ2) is 8.81. The number of aryl methyl sites for hydroxylation is 1. The molecule has 3 N–H and O–H groups in total. The number of anilines is 1. The van der Waals surface area contributed by atoms with Gasteiger partial charge in [0.15, 0.2) is 5.58 Å². The SMILES string of the molecule is CC(c1ccccc1CCCN)n1c(=O)oc2cc(S(=O)(=O)Nc3ncns3)c(F)cc21. The van der Waals surface area contributed by atoms with Gasteiger partial charge in [0.2, 0.25) is 5.13 Å². The monoisotopic (exact) mass is 477 g/mol. The lowest BCUT2D eigenvalue weighted by Gasteiger charge is -2.17. The Morgan fingerprint density at radius 1 is 1.31 bits per heavy atom. The summed E-state index contributed by atoms with van der Waals surface area (Å²) in [6, 6.07) is 9.13. The first-order valence-electron chi connectivity index (χ1n) is 9.73. The van der Waals surface area contributed by atoms with Gasteiger partial charge in [0.05, 0.1) is 11.6 Å². The van der Waals surface area contributed by atoms with E-state index in [1.54, 1.807) is 6.92 Å². The van der Waals surface area contributed by atoms with Gasteiger partial charge in [0.1, 0.15) is 17.0 Å². The van der Waals surface area contributed by atoms with Crippen LogP contribution in [0.3, 0.4) is 0 Å². The molecule has 1 atom stereocenters. The highest BCUT2D eigenvalue weighted by Gasteiger charge is 2.26. The van der Waals surface area contributed by atoms with Gasteiger partial charge in [0.25, 0.3) is 10.0 Å². The molecule has 2 aromatic heterocycles. The number of aromatic nitrogens is 3. The Balaban J connectivity index is 1.78. The van der Waals surface area contributed by atoms with Gasteiger partial charge in [0, 0.05) is 23.7 Å². The molecule has 0 radical (unpaired) electrons. The topological polar surface area (TPSA) is 133 Å². The fourth-order valence-electron chi connectivity index (χ4n) is 3.60. The quantitative estimate of drug-likeness (QED) is 0.399. The second-order valence-corrected chi connectivity index (χ2v) is 9.54. The minimum Gasteiger partial charge on any atom is -0.408 e. The molecular formula is C20H20FN5O4S2. The molecule has 168 valence electrons. The molecule has 0 saturated carbocycles. The Labute approximate surface area is 186 Å². The highest BCUT2D eigenvalue weighted by molar-refractivity contribution is 7.93. The highest BCUT2D eigenvalue weighted by Crippen LogP contribution is 2.29. The number of oxazole rings is 1. The Hall–Kier alpha value is -3.09. The lowest BCUT2D eigenvalue weighted by molar-refractivity contribution is 0.488. The van der Waals surface area contributed by atoms with Crippen LogP contribution in [0.15, 0.2) is 56.8 Å². The molecule has 12 heteroatoms. The fourth-order valence-corrected chi connectivity index (χ4v) is 5.33. The zero-order valence-electron chi connectivity index (χ0n) is 17.0. The third-order valence-electron chi connectivity index (χ3n) is 5.08. The average Bonchev–Trinajstić information content (AvgIpc) is 3.37. The van der Waals surface area contributed by atoms with Gasteiger partial charge >= 0.3 is 5.76 Å². The molecule has 0 amide bonds. The number of nitrogens with two attached hydrogens (primary N) is 1. The molecule has 0 bridgehead atoms. The summed E-state index contributed by atoms with van der Waals surface area (Å²) in [6.45, 7) is 2.34. The average molecular weight is 478 g/mol. The summed E-state index contributed by atoms with van der Waals surface area (Å²) in [6.07, 6.45) is 2.69. The molecule has 9 nitrogen and oxygen atoms in total. The van der Waals surface area contributed by atoms with Crippen molar-refractivity contribution in [3.63, 3.8) is 0 Å². The van der Waals surface area contributed by atoms with Crippen LogP contribution in [0, 0.1) is 5.82 Å². The fraction of sp³-hybridized carbons (Fsp3) is 0.250. The van der Waals surface area contributed by atoms with Crippen LogP contribution in [0.4, 0.5) is 9.52 Å². The van der Waals surface area contributed by atoms with E-state index in [4.69, 9.17) is 10.2 Å². The molecule has 32 heavy (non-hydrogen) atoms. The number of fused-ring (bicyclic) bond motifs is 1. The van der Waals surface area contributed by atoms with Crippen LogP contribution in [-0.2, 0) is 16.4 Å². The molecule has 1 unspecified atom stereocenters. The van der Waals surface area contributed by atoms with Crippen LogP contribution in [0.25, 0.3) is 11.1 Å². The summed E-state index contributed by atoms with van der Waals surface area (Å²) in [7, 11) is -4.30. The maximum atomic E-state index is 14.9. The summed E-state index contributed by atoms with van der Waals surface area (Å²) >= 11 is 0.810. The smallest absolute Gasteiger partial charge is 0.408 e. The van der Waals surface area contributed by atoms with E-state index in [0.29, 0.717) is 6.54 Å². The van der Waals surface area contributed by atoms with Crippen molar-refractivity contribution in [1.29, 1.82) is 0 Å². The number of halogens is 1. The van der Waals surface area contributed by atoms with Crippen molar-refractivity contribution in [2.45, 2.75) is 30.7 Å². The zero-order chi connectivity index (χ0) is 22.9. The van der Waals surface area contributed by atoms with E-state index in [0.717, 1.165) is 47.6 Å². The van der Waals surface area contributed by atoms with E-state index in [-0.39, 0.29) is 16.2 Å². The third-order valence-corrected chi connectivity index (χ3v) is 7.15. The van der Waals surface area contributed by atoms with Gasteiger partial charge in [-0.05, 0) is 37.4 Å². The molecule has 2 aromatic carbocycles. The summed E-state index contributed by atoms with van der Waals surface area (Å²) in [5, 5.41) is -0.00812. The van der Waals surface area contributed by atoms with E-state index >= 15 is 0 Å². The Kier molecular flexibility index (Phi) is 6.09. The summed E-state index contributed by atoms with van der Waals surface area (Å²) in [4.78, 5) is 15.8. The molecule has 0 aliphatic carbocycles. The van der Waals surface area contributed by atoms with Crippen molar-refractivity contribution in [3.05, 3.63) is 70.2 Å². The number of benzene rings is 2. The normalized spacial score (nSPS) is 12.8. The molecule has 2 heterocycles. The molecule has 4 rings (SSSR count). The standard InChI is InChI=1S/C20H20FN5O4S2/c1-12(14-7-3-2-5-13(14)6-4-8-22)26-16-9-15(21)18(10-17(16)30-20(26)27)32(28,29)25-19-23-11-24-31-19/h2-3,5,7,9-12H,4,6,8,22H2,1H3,(H,23,24,25). The van der Waals surface area contributed by atoms with Gasteiger partial charge in [-0.1, -0.05) is 24.3 Å².